The van der Waals surface area contributed by atoms with Crippen molar-refractivity contribution in [1.82, 2.24) is 30.2 Å². The van der Waals surface area contributed by atoms with E-state index in [1.165, 1.54) is 6.08 Å². The predicted molar refractivity (Wildman–Crippen MR) is 248 cm³/mol. The summed E-state index contributed by atoms with van der Waals surface area (Å²) < 4.78 is 20.1. The van der Waals surface area contributed by atoms with Crippen LogP contribution < -0.4 is 10.7 Å². The van der Waals surface area contributed by atoms with E-state index < -0.39 is 17.6 Å². The Morgan fingerprint density at radius 3 is 2.55 bits per heavy atom. The molecule has 1 spiro atoms. The molecular formula is C51H66N6O7. The van der Waals surface area contributed by atoms with Gasteiger partial charge in [-0.25, -0.2) is 5.43 Å². The smallest absolute Gasteiger partial charge is 0.293 e. The number of aromatic nitrogens is 2. The first-order valence-electron chi connectivity index (χ1n) is 22.9. The third-order valence-corrected chi connectivity index (χ3v) is 13.4. The molecule has 3 aliphatic rings. The Kier molecular flexibility index (Phi) is 14.4. The average Bonchev–Trinajstić information content (AvgIpc) is 3.86. The molecule has 0 saturated carbocycles. The molecule has 2 aromatic heterocycles. The summed E-state index contributed by atoms with van der Waals surface area (Å²) in [7, 11) is 1.69. The number of amides is 3. The maximum Gasteiger partial charge on any atom is 0.293 e. The number of rotatable bonds is 18. The summed E-state index contributed by atoms with van der Waals surface area (Å²) in [6.45, 7) is 19.8. The van der Waals surface area contributed by atoms with Crippen molar-refractivity contribution in [2.45, 2.75) is 110 Å². The van der Waals surface area contributed by atoms with Gasteiger partial charge in [0.2, 0.25) is 11.8 Å². The van der Waals surface area contributed by atoms with Crippen LogP contribution in [-0.4, -0.2) is 101 Å². The summed E-state index contributed by atoms with van der Waals surface area (Å²) in [5.74, 6) is -1.000. The van der Waals surface area contributed by atoms with Crippen LogP contribution >= 0.6 is 0 Å². The number of aryl methyl sites for hydroxylation is 1. The second-order valence-electron chi connectivity index (χ2n) is 19.0. The summed E-state index contributed by atoms with van der Waals surface area (Å²) in [6, 6.07) is 18.0. The number of hydrogen-bond donors (Lipinski definition) is 2. The lowest BCUT2D eigenvalue weighted by Gasteiger charge is -2.47. The van der Waals surface area contributed by atoms with Crippen molar-refractivity contribution < 1.29 is 33.4 Å². The van der Waals surface area contributed by atoms with Crippen LogP contribution in [0.1, 0.15) is 90.2 Å². The lowest BCUT2D eigenvalue weighted by molar-refractivity contribution is -0.169. The summed E-state index contributed by atoms with van der Waals surface area (Å²) in [5, 5.41) is 5.97. The largest absolute Gasteiger partial charge is 0.467 e. The Labute approximate surface area is 377 Å². The van der Waals surface area contributed by atoms with E-state index in [9.17, 15) is 19.2 Å². The number of hydrazine groups is 1. The van der Waals surface area contributed by atoms with Crippen LogP contribution in [0.5, 0.6) is 0 Å². The van der Waals surface area contributed by atoms with Gasteiger partial charge in [-0.2, -0.15) is 0 Å². The first-order valence-corrected chi connectivity index (χ1v) is 22.9. The van der Waals surface area contributed by atoms with Crippen molar-refractivity contribution in [1.29, 1.82) is 0 Å². The minimum absolute atomic E-state index is 0.0440. The van der Waals surface area contributed by atoms with Crippen molar-refractivity contribution in [2.75, 3.05) is 39.9 Å². The van der Waals surface area contributed by atoms with E-state index in [-0.39, 0.29) is 47.9 Å². The van der Waals surface area contributed by atoms with Gasteiger partial charge in [-0.05, 0) is 104 Å². The lowest BCUT2D eigenvalue weighted by atomic mass is 9.84. The van der Waals surface area contributed by atoms with E-state index in [2.05, 4.69) is 79.1 Å². The quantitative estimate of drug-likeness (QED) is 0.0783. The number of carbonyl (C=O) groups is 4. The van der Waals surface area contributed by atoms with Gasteiger partial charge >= 0.3 is 0 Å². The molecule has 13 heteroatoms. The normalized spacial score (nSPS) is 18.7. The van der Waals surface area contributed by atoms with Crippen LogP contribution in [0, 0.1) is 17.3 Å². The molecule has 0 bridgehead atoms. The van der Waals surface area contributed by atoms with E-state index in [0.29, 0.717) is 51.9 Å². The molecule has 3 aliphatic heterocycles. The zero-order valence-corrected chi connectivity index (χ0v) is 38.7. The summed E-state index contributed by atoms with van der Waals surface area (Å²) in [4.78, 5) is 58.9. The maximum atomic E-state index is 14.4. The highest BCUT2D eigenvalue weighted by atomic mass is 16.5. The molecule has 2 N–H and O–H groups in total. The van der Waals surface area contributed by atoms with Crippen LogP contribution in [0.3, 0.4) is 0 Å². The molecule has 0 radical (unpaired) electrons. The zero-order valence-electron chi connectivity index (χ0n) is 38.7. The number of nitrogens with zero attached hydrogens (tertiary/aromatic N) is 4. The second kappa shape index (κ2) is 19.8. The van der Waals surface area contributed by atoms with Crippen LogP contribution in [0.2, 0.25) is 0 Å². The SMILES string of the molecule is C=CC(=O)N1CC2(CCC(C(C(=O)NC(Cc3cccc(-c4ccc5c(c4)c(CC(C)(C)COC=O)c(-c4cccnc4C(C)OC)n5CC)c3)C(=O)N3CCCCN3)C(C)C)O2)C1. The molecule has 3 amide bonds. The number of hydrogen-bond acceptors (Lipinski definition) is 9. The predicted octanol–water partition coefficient (Wildman–Crippen LogP) is 7.21. The van der Waals surface area contributed by atoms with Crippen molar-refractivity contribution in [3.05, 3.63) is 90.3 Å². The summed E-state index contributed by atoms with van der Waals surface area (Å²) >= 11 is 0. The molecule has 7 rings (SSSR count). The van der Waals surface area contributed by atoms with Crippen molar-refractivity contribution in [3.63, 3.8) is 0 Å². The number of methoxy groups -OCH3 is 1. The number of carbonyl (C=O) groups excluding carboxylic acids is 4. The van der Waals surface area contributed by atoms with Gasteiger partial charge in [-0.1, -0.05) is 64.6 Å². The van der Waals surface area contributed by atoms with E-state index in [0.717, 1.165) is 75.9 Å². The summed E-state index contributed by atoms with van der Waals surface area (Å²) in [6.07, 6.45) is 6.81. The Bertz CT molecular complexity index is 2340. The topological polar surface area (TPSA) is 144 Å². The standard InChI is InChI=1S/C51H66N6O7/c1-9-44(59)55-29-51(30-55)21-20-43(64-51)45(33(3)4)48(60)54-41(49(61)57-24-12-11-23-53-57)26-35-15-13-16-36(25-35)37-18-19-42-39(27-37)40(28-50(6,7)31-63-32-58)47(56(42)10-2)38-17-14-22-52-46(38)34(5)62-8/h9,13-19,22,25,27,32-34,41,43,45,53H,1,10-12,20-21,23-24,26,28-31H2,2-8H3,(H,54,60). The Balaban J connectivity index is 1.21. The van der Waals surface area contributed by atoms with Gasteiger partial charge < -0.3 is 29.0 Å². The molecule has 342 valence electrons. The fourth-order valence-electron chi connectivity index (χ4n) is 10.1. The highest BCUT2D eigenvalue weighted by Gasteiger charge is 2.53. The minimum Gasteiger partial charge on any atom is -0.467 e. The van der Waals surface area contributed by atoms with E-state index in [1.807, 2.05) is 39.0 Å². The molecular weight excluding hydrogens is 809 g/mol. The van der Waals surface area contributed by atoms with Crippen LogP contribution in [0.4, 0.5) is 0 Å². The van der Waals surface area contributed by atoms with Gasteiger partial charge in [0.05, 0.1) is 49.2 Å². The number of nitrogens with one attached hydrogen (secondary N) is 2. The number of benzene rings is 2. The number of fused-ring (bicyclic) bond motifs is 1. The molecule has 5 heterocycles. The maximum absolute atomic E-state index is 14.4. The minimum atomic E-state index is -0.816. The molecule has 4 unspecified atom stereocenters. The fourth-order valence-corrected chi connectivity index (χ4v) is 10.1. The molecule has 64 heavy (non-hydrogen) atoms. The van der Waals surface area contributed by atoms with Gasteiger partial charge in [-0.15, -0.1) is 0 Å². The fraction of sp³-hybridized carbons (Fsp3) is 0.510. The zero-order chi connectivity index (χ0) is 45.8. The number of likely N-dealkylation sites (tertiary alicyclic amines) is 1. The molecule has 0 aliphatic carbocycles. The molecule has 2 aromatic carbocycles. The Hall–Kier alpha value is -5.37. The first kappa shape index (κ1) is 46.6. The van der Waals surface area contributed by atoms with Gasteiger partial charge in [0.25, 0.3) is 12.4 Å². The van der Waals surface area contributed by atoms with Crippen LogP contribution in [-0.2, 0) is 52.8 Å². The van der Waals surface area contributed by atoms with E-state index >= 15 is 0 Å². The third kappa shape index (κ3) is 9.81. The van der Waals surface area contributed by atoms with Crippen molar-refractivity contribution in [3.8, 4) is 22.4 Å². The number of ether oxygens (including phenoxy) is 3. The molecule has 4 aromatic rings. The Morgan fingerprint density at radius 1 is 1.08 bits per heavy atom. The molecule has 3 fully saturated rings. The second-order valence-corrected chi connectivity index (χ2v) is 19.0. The number of pyridine rings is 1. The Morgan fingerprint density at radius 2 is 1.86 bits per heavy atom. The van der Waals surface area contributed by atoms with Gasteiger partial charge in [0, 0.05) is 61.2 Å². The average molecular weight is 875 g/mol. The van der Waals surface area contributed by atoms with Gasteiger partial charge in [0.1, 0.15) is 11.6 Å². The van der Waals surface area contributed by atoms with Crippen LogP contribution in [0.25, 0.3) is 33.3 Å². The molecule has 4 atom stereocenters. The van der Waals surface area contributed by atoms with Crippen molar-refractivity contribution in [2.24, 2.45) is 17.3 Å². The van der Waals surface area contributed by atoms with E-state index in [1.54, 1.807) is 23.2 Å². The molecule has 3 saturated heterocycles. The third-order valence-electron chi connectivity index (χ3n) is 13.4. The monoisotopic (exact) mass is 874 g/mol. The van der Waals surface area contributed by atoms with Gasteiger partial charge in [-0.3, -0.25) is 29.2 Å². The lowest BCUT2D eigenvalue weighted by Crippen LogP contribution is -2.63. The van der Waals surface area contributed by atoms with Crippen LogP contribution in [0.15, 0.2) is 73.4 Å². The van der Waals surface area contributed by atoms with Crippen molar-refractivity contribution >= 4 is 35.1 Å². The summed E-state index contributed by atoms with van der Waals surface area (Å²) in [5.41, 5.74) is 10.5. The highest BCUT2D eigenvalue weighted by molar-refractivity contribution is 5.95. The molecule has 13 nitrogen and oxygen atoms in total. The van der Waals surface area contributed by atoms with E-state index in [4.69, 9.17) is 19.2 Å². The van der Waals surface area contributed by atoms with Gasteiger partial charge in [0.15, 0.2) is 0 Å². The first-order chi connectivity index (χ1) is 30.7. The highest BCUT2D eigenvalue weighted by Crippen LogP contribution is 2.43.